The van der Waals surface area contributed by atoms with Crippen molar-refractivity contribution in [1.29, 1.82) is 0 Å². The van der Waals surface area contributed by atoms with Gasteiger partial charge >= 0.3 is 0 Å². The summed E-state index contributed by atoms with van der Waals surface area (Å²) in [5.41, 5.74) is 2.97. The van der Waals surface area contributed by atoms with Crippen LogP contribution in [0, 0.1) is 6.92 Å². The van der Waals surface area contributed by atoms with Crippen molar-refractivity contribution in [2.45, 2.75) is 26.3 Å². The largest absolute Gasteiger partial charge is 0.316 e. The zero-order valence-corrected chi connectivity index (χ0v) is 18.6. The SMILES string of the molecule is Cc1c(NC(=O)c2ccc3c(c2)CC(C)N3S(C)(=O)=O)c(=O)n(-c2ccccc2)n1C. The zero-order chi connectivity index (χ0) is 22.5. The number of rotatable bonds is 4. The molecule has 1 atom stereocenters. The van der Waals surface area contributed by atoms with E-state index in [0.717, 1.165) is 5.56 Å². The maximum Gasteiger partial charge on any atom is 0.295 e. The van der Waals surface area contributed by atoms with Crippen LogP contribution in [-0.2, 0) is 23.5 Å². The lowest BCUT2D eigenvalue weighted by Crippen LogP contribution is -2.34. The van der Waals surface area contributed by atoms with Crippen molar-refractivity contribution in [3.05, 3.63) is 75.7 Å². The summed E-state index contributed by atoms with van der Waals surface area (Å²) in [7, 11) is -1.64. The van der Waals surface area contributed by atoms with E-state index < -0.39 is 15.9 Å². The fraction of sp³-hybridized carbons (Fsp3) is 0.273. The number of para-hydroxylation sites is 1. The molecule has 9 heteroatoms. The molecular weight excluding hydrogens is 416 g/mol. The second-order valence-electron chi connectivity index (χ2n) is 7.85. The molecule has 2 heterocycles. The molecule has 1 aliphatic rings. The molecule has 4 rings (SSSR count). The number of amides is 1. The molecular formula is C22H24N4O4S. The molecule has 162 valence electrons. The Bertz CT molecular complexity index is 1340. The topological polar surface area (TPSA) is 93.4 Å². The van der Waals surface area contributed by atoms with Crippen molar-refractivity contribution >= 4 is 27.3 Å². The summed E-state index contributed by atoms with van der Waals surface area (Å²) in [6.07, 6.45) is 1.70. The minimum Gasteiger partial charge on any atom is -0.316 e. The summed E-state index contributed by atoms with van der Waals surface area (Å²) >= 11 is 0. The van der Waals surface area contributed by atoms with Crippen molar-refractivity contribution in [1.82, 2.24) is 9.36 Å². The molecule has 0 fully saturated rings. The van der Waals surface area contributed by atoms with Gasteiger partial charge in [0.05, 0.1) is 23.3 Å². The number of hydrogen-bond acceptors (Lipinski definition) is 4. The molecule has 1 amide bonds. The first-order chi connectivity index (χ1) is 14.6. The van der Waals surface area contributed by atoms with Crippen molar-refractivity contribution in [3.63, 3.8) is 0 Å². The molecule has 2 aromatic carbocycles. The highest BCUT2D eigenvalue weighted by atomic mass is 32.2. The van der Waals surface area contributed by atoms with Gasteiger partial charge in [0.25, 0.3) is 11.5 Å². The van der Waals surface area contributed by atoms with Gasteiger partial charge < -0.3 is 5.32 Å². The van der Waals surface area contributed by atoms with E-state index in [1.807, 2.05) is 37.3 Å². The first-order valence-electron chi connectivity index (χ1n) is 9.87. The highest BCUT2D eigenvalue weighted by Crippen LogP contribution is 2.34. The highest BCUT2D eigenvalue weighted by Gasteiger charge is 2.33. The van der Waals surface area contributed by atoms with Crippen LogP contribution in [0.5, 0.6) is 0 Å². The molecule has 1 N–H and O–H groups in total. The van der Waals surface area contributed by atoms with E-state index in [0.29, 0.717) is 29.1 Å². The second-order valence-corrected chi connectivity index (χ2v) is 9.71. The van der Waals surface area contributed by atoms with E-state index in [9.17, 15) is 18.0 Å². The van der Waals surface area contributed by atoms with Gasteiger partial charge in [-0.25, -0.2) is 13.1 Å². The van der Waals surface area contributed by atoms with E-state index >= 15 is 0 Å². The minimum atomic E-state index is -3.40. The smallest absolute Gasteiger partial charge is 0.295 e. The molecule has 0 spiro atoms. The Kier molecular flexibility index (Phi) is 5.01. The molecule has 3 aromatic rings. The fourth-order valence-electron chi connectivity index (χ4n) is 4.15. The Balaban J connectivity index is 1.67. The summed E-state index contributed by atoms with van der Waals surface area (Å²) in [5.74, 6) is -0.417. The van der Waals surface area contributed by atoms with Crippen LogP contribution in [0.4, 0.5) is 11.4 Å². The molecule has 0 radical (unpaired) electrons. The lowest BCUT2D eigenvalue weighted by Gasteiger charge is -2.21. The number of carbonyl (C=O) groups excluding carboxylic acids is 1. The van der Waals surface area contributed by atoms with Crippen LogP contribution in [0.15, 0.2) is 53.3 Å². The van der Waals surface area contributed by atoms with Crippen molar-refractivity contribution in [2.75, 3.05) is 15.9 Å². The predicted molar refractivity (Wildman–Crippen MR) is 121 cm³/mol. The quantitative estimate of drug-likeness (QED) is 0.674. The molecule has 0 bridgehead atoms. The number of sulfonamides is 1. The Morgan fingerprint density at radius 1 is 1.13 bits per heavy atom. The Morgan fingerprint density at radius 2 is 1.81 bits per heavy atom. The van der Waals surface area contributed by atoms with Crippen LogP contribution in [0.1, 0.15) is 28.5 Å². The summed E-state index contributed by atoms with van der Waals surface area (Å²) in [6, 6.07) is 13.9. The van der Waals surface area contributed by atoms with Crippen LogP contribution >= 0.6 is 0 Å². The minimum absolute atomic E-state index is 0.210. The van der Waals surface area contributed by atoms with Gasteiger partial charge in [0.2, 0.25) is 10.0 Å². The van der Waals surface area contributed by atoms with Crippen molar-refractivity contribution in [2.24, 2.45) is 7.05 Å². The van der Waals surface area contributed by atoms with Gasteiger partial charge in [-0.15, -0.1) is 0 Å². The van der Waals surface area contributed by atoms with Gasteiger partial charge in [0.1, 0.15) is 5.69 Å². The molecule has 0 saturated heterocycles. The van der Waals surface area contributed by atoms with Crippen LogP contribution in [0.2, 0.25) is 0 Å². The summed E-state index contributed by atoms with van der Waals surface area (Å²) < 4.78 is 28.8. The van der Waals surface area contributed by atoms with Crippen LogP contribution in [0.25, 0.3) is 5.69 Å². The zero-order valence-electron chi connectivity index (χ0n) is 17.8. The van der Waals surface area contributed by atoms with Gasteiger partial charge in [-0.3, -0.25) is 18.6 Å². The van der Waals surface area contributed by atoms with E-state index in [2.05, 4.69) is 5.32 Å². The number of nitrogens with one attached hydrogen (secondary N) is 1. The van der Waals surface area contributed by atoms with Gasteiger partial charge in [-0.05, 0) is 56.2 Å². The number of nitrogens with zero attached hydrogens (tertiary/aromatic N) is 3. The van der Waals surface area contributed by atoms with Crippen molar-refractivity contribution in [3.8, 4) is 5.69 Å². The van der Waals surface area contributed by atoms with E-state index in [1.54, 1.807) is 36.9 Å². The number of carbonyl (C=O) groups is 1. The first kappa shape index (κ1) is 20.9. The number of hydrogen-bond donors (Lipinski definition) is 1. The normalized spacial score (nSPS) is 15.7. The standard InChI is InChI=1S/C22H24N4O4S/c1-14-12-17-13-16(10-11-19(17)26(14)31(4,29)30)21(27)23-20-15(2)24(3)25(22(20)28)18-8-6-5-7-9-18/h5-11,13-14H,12H2,1-4H3,(H,23,27). The highest BCUT2D eigenvalue weighted by molar-refractivity contribution is 7.92. The molecule has 1 aromatic heterocycles. The number of aromatic nitrogens is 2. The van der Waals surface area contributed by atoms with Gasteiger partial charge in [0, 0.05) is 18.7 Å². The van der Waals surface area contributed by atoms with Gasteiger partial charge in [-0.2, -0.15) is 0 Å². The number of anilines is 2. The summed E-state index contributed by atoms with van der Waals surface area (Å²) in [4.78, 5) is 26.0. The van der Waals surface area contributed by atoms with Crippen molar-refractivity contribution < 1.29 is 13.2 Å². The molecule has 1 unspecified atom stereocenters. The third kappa shape index (κ3) is 3.54. The Morgan fingerprint density at radius 3 is 2.45 bits per heavy atom. The summed E-state index contributed by atoms with van der Waals surface area (Å²) in [5, 5.41) is 2.74. The van der Waals surface area contributed by atoms with E-state index in [4.69, 9.17) is 0 Å². The average molecular weight is 441 g/mol. The van der Waals surface area contributed by atoms with E-state index in [-0.39, 0.29) is 17.3 Å². The average Bonchev–Trinajstić information content (AvgIpc) is 3.16. The molecule has 8 nitrogen and oxygen atoms in total. The molecule has 0 aliphatic carbocycles. The fourth-order valence-corrected chi connectivity index (χ4v) is 5.41. The Labute approximate surface area is 180 Å². The predicted octanol–water partition coefficient (Wildman–Crippen LogP) is 2.45. The molecule has 1 aliphatic heterocycles. The van der Waals surface area contributed by atoms with E-state index in [1.165, 1.54) is 15.2 Å². The maximum atomic E-state index is 13.0. The maximum absolute atomic E-state index is 13.0. The second kappa shape index (κ2) is 7.42. The third-order valence-electron chi connectivity index (χ3n) is 5.64. The lowest BCUT2D eigenvalue weighted by atomic mass is 10.1. The van der Waals surface area contributed by atoms with Gasteiger partial charge in [0.15, 0.2) is 0 Å². The Hall–Kier alpha value is -3.33. The lowest BCUT2D eigenvalue weighted by molar-refractivity contribution is 0.102. The molecule has 31 heavy (non-hydrogen) atoms. The van der Waals surface area contributed by atoms with Crippen LogP contribution < -0.4 is 15.2 Å². The molecule has 0 saturated carbocycles. The number of fused-ring (bicyclic) bond motifs is 1. The summed E-state index contributed by atoms with van der Waals surface area (Å²) in [6.45, 7) is 3.60. The van der Waals surface area contributed by atoms with Crippen LogP contribution in [0.3, 0.4) is 0 Å². The van der Waals surface area contributed by atoms with Crippen LogP contribution in [-0.4, -0.2) is 36.0 Å². The first-order valence-corrected chi connectivity index (χ1v) is 11.7. The third-order valence-corrected chi connectivity index (χ3v) is 6.92. The van der Waals surface area contributed by atoms with Gasteiger partial charge in [-0.1, -0.05) is 18.2 Å². The number of benzene rings is 2. The monoisotopic (exact) mass is 440 g/mol.